The van der Waals surface area contributed by atoms with Crippen molar-refractivity contribution in [2.75, 3.05) is 18.1 Å². The molecule has 0 radical (unpaired) electrons. The molecule has 3 heterocycles. The van der Waals surface area contributed by atoms with Gasteiger partial charge in [-0.1, -0.05) is 12.1 Å². The molecule has 1 aliphatic heterocycles. The number of hydrogen-bond donors (Lipinski definition) is 1. The van der Waals surface area contributed by atoms with Gasteiger partial charge in [-0.3, -0.25) is 14.6 Å². The van der Waals surface area contributed by atoms with Crippen LogP contribution in [-0.2, 0) is 11.2 Å². The fraction of sp³-hybridized carbons (Fsp3) is 0.200. The van der Waals surface area contributed by atoms with Gasteiger partial charge < -0.3 is 14.6 Å². The Labute approximate surface area is 155 Å². The van der Waals surface area contributed by atoms with Crippen molar-refractivity contribution < 1.29 is 9.53 Å². The number of carbonyl (C=O) groups is 1. The van der Waals surface area contributed by atoms with Gasteiger partial charge >= 0.3 is 0 Å². The van der Waals surface area contributed by atoms with Gasteiger partial charge in [0.1, 0.15) is 18.2 Å². The summed E-state index contributed by atoms with van der Waals surface area (Å²) < 4.78 is 5.59. The molecule has 1 aromatic carbocycles. The van der Waals surface area contributed by atoms with Crippen LogP contribution in [0.15, 0.2) is 53.6 Å². The second-order valence-electron chi connectivity index (χ2n) is 6.26. The van der Waals surface area contributed by atoms with Gasteiger partial charge in [0.2, 0.25) is 5.91 Å². The smallest absolute Gasteiger partial charge is 0.255 e. The highest BCUT2D eigenvalue weighted by atomic mass is 16.5. The number of aromatic nitrogens is 3. The van der Waals surface area contributed by atoms with Crippen LogP contribution in [0.25, 0.3) is 11.4 Å². The molecule has 0 saturated carbocycles. The minimum absolute atomic E-state index is 0.0180. The number of pyridine rings is 1. The third kappa shape index (κ3) is 3.31. The zero-order chi connectivity index (χ0) is 18.8. The number of anilines is 1. The van der Waals surface area contributed by atoms with Crippen molar-refractivity contribution in [3.8, 4) is 17.1 Å². The molecule has 3 aromatic rings. The maximum atomic E-state index is 12.9. The van der Waals surface area contributed by atoms with Crippen molar-refractivity contribution in [3.05, 3.63) is 70.4 Å². The Balaban J connectivity index is 1.62. The highest BCUT2D eigenvalue weighted by molar-refractivity contribution is 5.96. The molecule has 136 valence electrons. The molecular weight excluding hydrogens is 344 g/mol. The maximum absolute atomic E-state index is 12.9. The van der Waals surface area contributed by atoms with E-state index in [1.807, 2.05) is 30.3 Å². The average molecular weight is 362 g/mol. The molecule has 27 heavy (non-hydrogen) atoms. The van der Waals surface area contributed by atoms with Gasteiger partial charge in [-0.05, 0) is 31.2 Å². The number of aryl methyl sites for hydroxylation is 1. The Morgan fingerprint density at radius 2 is 2.11 bits per heavy atom. The Morgan fingerprint density at radius 3 is 2.89 bits per heavy atom. The summed E-state index contributed by atoms with van der Waals surface area (Å²) >= 11 is 0. The minimum Gasteiger partial charge on any atom is -0.490 e. The Hall–Kier alpha value is -3.48. The number of hydrogen-bond acceptors (Lipinski definition) is 5. The van der Waals surface area contributed by atoms with E-state index in [0.29, 0.717) is 36.0 Å². The molecule has 1 amide bonds. The molecular formula is C20H18N4O3. The lowest BCUT2D eigenvalue weighted by atomic mass is 10.1. The highest BCUT2D eigenvalue weighted by Crippen LogP contribution is 2.31. The monoisotopic (exact) mass is 362 g/mol. The highest BCUT2D eigenvalue weighted by Gasteiger charge is 2.25. The normalized spacial score (nSPS) is 13.0. The van der Waals surface area contributed by atoms with Crippen LogP contribution in [0.1, 0.15) is 11.3 Å². The van der Waals surface area contributed by atoms with E-state index in [0.717, 1.165) is 11.3 Å². The van der Waals surface area contributed by atoms with Crippen LogP contribution >= 0.6 is 0 Å². The zero-order valence-corrected chi connectivity index (χ0v) is 14.8. The number of ether oxygens (including phenoxy) is 1. The summed E-state index contributed by atoms with van der Waals surface area (Å²) in [5, 5.41) is 0. The number of nitrogens with one attached hydrogen (secondary N) is 1. The number of benzene rings is 1. The van der Waals surface area contributed by atoms with Crippen molar-refractivity contribution in [2.24, 2.45) is 0 Å². The van der Waals surface area contributed by atoms with Gasteiger partial charge in [-0.25, -0.2) is 4.98 Å². The van der Waals surface area contributed by atoms with Crippen molar-refractivity contribution >= 4 is 11.6 Å². The van der Waals surface area contributed by atoms with Crippen LogP contribution in [0.4, 0.5) is 5.69 Å². The van der Waals surface area contributed by atoms with Crippen molar-refractivity contribution in [1.29, 1.82) is 0 Å². The van der Waals surface area contributed by atoms with E-state index in [9.17, 15) is 9.59 Å². The molecule has 0 bridgehead atoms. The van der Waals surface area contributed by atoms with Gasteiger partial charge in [0, 0.05) is 29.2 Å². The molecule has 0 atom stereocenters. The third-order valence-electron chi connectivity index (χ3n) is 4.51. The number of carbonyl (C=O) groups excluding carboxylic acids is 1. The molecule has 0 unspecified atom stereocenters. The summed E-state index contributed by atoms with van der Waals surface area (Å²) in [6, 6.07) is 11.0. The summed E-state index contributed by atoms with van der Waals surface area (Å²) in [4.78, 5) is 38.4. The number of fused-ring (bicyclic) bond motifs is 1. The number of nitrogens with zero attached hydrogens (tertiary/aromatic N) is 3. The molecule has 1 N–H and O–H groups in total. The lowest BCUT2D eigenvalue weighted by Gasteiger charge is -2.29. The van der Waals surface area contributed by atoms with Gasteiger partial charge in [-0.15, -0.1) is 0 Å². The number of para-hydroxylation sites is 2. The second kappa shape index (κ2) is 7.03. The topological polar surface area (TPSA) is 88.2 Å². The predicted molar refractivity (Wildman–Crippen MR) is 101 cm³/mol. The minimum atomic E-state index is -0.309. The summed E-state index contributed by atoms with van der Waals surface area (Å²) in [6.45, 7) is 2.62. The van der Waals surface area contributed by atoms with Crippen LogP contribution < -0.4 is 15.2 Å². The van der Waals surface area contributed by atoms with Gasteiger partial charge in [-0.2, -0.15) is 0 Å². The fourth-order valence-corrected chi connectivity index (χ4v) is 3.13. The van der Waals surface area contributed by atoms with Crippen molar-refractivity contribution in [2.45, 2.75) is 13.3 Å². The van der Waals surface area contributed by atoms with Crippen LogP contribution in [0.2, 0.25) is 0 Å². The lowest BCUT2D eigenvalue weighted by molar-refractivity contribution is -0.118. The van der Waals surface area contributed by atoms with Crippen molar-refractivity contribution in [3.63, 3.8) is 0 Å². The Kier molecular flexibility index (Phi) is 4.42. The SMILES string of the molecule is Cc1nc(-c2cccnc2)[nH]c(=O)c1CC(=O)N1CCOc2ccccc21. The standard InChI is InChI=1S/C20H18N4O3/c1-13-15(20(26)23-19(22-13)14-5-4-8-21-12-14)11-18(25)24-9-10-27-17-7-3-2-6-16(17)24/h2-8,12H,9-11H2,1H3,(H,22,23,26). The molecule has 2 aromatic heterocycles. The summed E-state index contributed by atoms with van der Waals surface area (Å²) in [6.07, 6.45) is 3.27. The van der Waals surface area contributed by atoms with Crippen molar-refractivity contribution in [1.82, 2.24) is 15.0 Å². The van der Waals surface area contributed by atoms with Crippen LogP contribution in [0.5, 0.6) is 5.75 Å². The number of H-pyrrole nitrogens is 1. The molecule has 0 saturated heterocycles. The third-order valence-corrected chi connectivity index (χ3v) is 4.51. The first-order valence-electron chi connectivity index (χ1n) is 8.66. The van der Waals surface area contributed by atoms with E-state index in [1.165, 1.54) is 0 Å². The van der Waals surface area contributed by atoms with Crippen LogP contribution in [0, 0.1) is 6.92 Å². The van der Waals surface area contributed by atoms with Gasteiger partial charge in [0.25, 0.3) is 5.56 Å². The van der Waals surface area contributed by atoms with Gasteiger partial charge in [0.05, 0.1) is 18.7 Å². The maximum Gasteiger partial charge on any atom is 0.255 e. The van der Waals surface area contributed by atoms with Crippen LogP contribution in [0.3, 0.4) is 0 Å². The van der Waals surface area contributed by atoms with E-state index in [2.05, 4.69) is 15.0 Å². The average Bonchev–Trinajstić information content (AvgIpc) is 2.70. The van der Waals surface area contributed by atoms with E-state index in [4.69, 9.17) is 4.74 Å². The molecule has 7 nitrogen and oxygen atoms in total. The molecule has 1 aliphatic rings. The summed E-state index contributed by atoms with van der Waals surface area (Å²) in [5.74, 6) is 0.960. The van der Waals surface area contributed by atoms with E-state index in [1.54, 1.807) is 30.3 Å². The summed E-state index contributed by atoms with van der Waals surface area (Å²) in [5.41, 5.74) is 2.04. The van der Waals surface area contributed by atoms with E-state index in [-0.39, 0.29) is 17.9 Å². The molecule has 4 rings (SSSR count). The Morgan fingerprint density at radius 1 is 1.26 bits per heavy atom. The number of rotatable bonds is 3. The van der Waals surface area contributed by atoms with E-state index < -0.39 is 0 Å². The number of amides is 1. The second-order valence-corrected chi connectivity index (χ2v) is 6.26. The zero-order valence-electron chi connectivity index (χ0n) is 14.8. The molecule has 0 fully saturated rings. The molecule has 7 heteroatoms. The fourth-order valence-electron chi connectivity index (χ4n) is 3.13. The first-order valence-corrected chi connectivity index (χ1v) is 8.66. The molecule has 0 aliphatic carbocycles. The quantitative estimate of drug-likeness (QED) is 0.771. The van der Waals surface area contributed by atoms with Crippen LogP contribution in [-0.4, -0.2) is 34.0 Å². The number of aromatic amines is 1. The molecule has 0 spiro atoms. The Bertz CT molecular complexity index is 1050. The summed E-state index contributed by atoms with van der Waals surface area (Å²) in [7, 11) is 0. The van der Waals surface area contributed by atoms with Gasteiger partial charge in [0.15, 0.2) is 0 Å². The first kappa shape index (κ1) is 17.0. The van der Waals surface area contributed by atoms with E-state index >= 15 is 0 Å². The first-order chi connectivity index (χ1) is 13.1. The predicted octanol–water partition coefficient (Wildman–Crippen LogP) is 2.11. The largest absolute Gasteiger partial charge is 0.490 e. The lowest BCUT2D eigenvalue weighted by Crippen LogP contribution is -2.39.